The molecule has 0 bridgehead atoms. The minimum atomic E-state index is -4.69. The van der Waals surface area contributed by atoms with E-state index < -0.39 is 6.36 Å². The largest absolute Gasteiger partial charge is 0.573 e. The molecule has 6 heteroatoms. The number of hydrogen-bond donors (Lipinski definition) is 0. The minimum absolute atomic E-state index is 0.00638. The number of rotatable bonds is 5. The van der Waals surface area contributed by atoms with Crippen LogP contribution in [0.25, 0.3) is 0 Å². The lowest BCUT2D eigenvalue weighted by atomic mass is 10.1. The van der Waals surface area contributed by atoms with Crippen molar-refractivity contribution in [2.45, 2.75) is 25.1 Å². The molecule has 1 nitrogen and oxygen atoms in total. The molecule has 0 aliphatic carbocycles. The van der Waals surface area contributed by atoms with Gasteiger partial charge in [-0.25, -0.2) is 0 Å². The van der Waals surface area contributed by atoms with E-state index in [1.165, 1.54) is 6.07 Å². The van der Waals surface area contributed by atoms with E-state index in [9.17, 15) is 13.2 Å². The quantitative estimate of drug-likeness (QED) is 0.714. The third-order valence-corrected chi connectivity index (χ3v) is 2.97. The van der Waals surface area contributed by atoms with Crippen molar-refractivity contribution in [2.24, 2.45) is 0 Å². The van der Waals surface area contributed by atoms with Crippen molar-refractivity contribution in [1.29, 1.82) is 0 Å². The molecule has 0 radical (unpaired) electrons. The summed E-state index contributed by atoms with van der Waals surface area (Å²) in [5, 5.41) is 0.726. The first-order chi connectivity index (χ1) is 7.98. The van der Waals surface area contributed by atoms with Gasteiger partial charge in [0.05, 0.1) is 5.88 Å². The van der Waals surface area contributed by atoms with Gasteiger partial charge in [-0.1, -0.05) is 34.1 Å². The van der Waals surface area contributed by atoms with Gasteiger partial charge in [0.2, 0.25) is 0 Å². The predicted octanol–water partition coefficient (Wildman–Crippen LogP) is 4.65. The molecular formula is C11H11BrClF3O. The Morgan fingerprint density at radius 1 is 1.24 bits per heavy atom. The van der Waals surface area contributed by atoms with Crippen LogP contribution in [0, 0.1) is 0 Å². The van der Waals surface area contributed by atoms with E-state index in [-0.39, 0.29) is 11.6 Å². The molecule has 0 fully saturated rings. The first-order valence-corrected chi connectivity index (χ1v) is 6.62. The molecule has 0 atom stereocenters. The Kier molecular flexibility index (Phi) is 5.59. The summed E-state index contributed by atoms with van der Waals surface area (Å²) in [6.45, 7) is 0. The van der Waals surface area contributed by atoms with Crippen molar-refractivity contribution >= 4 is 27.5 Å². The molecular weight excluding hydrogens is 320 g/mol. The van der Waals surface area contributed by atoms with E-state index in [1.54, 1.807) is 12.1 Å². The summed E-state index contributed by atoms with van der Waals surface area (Å²) in [6.07, 6.45) is -3.44. The number of aryl methyl sites for hydroxylation is 1. The second-order valence-corrected chi connectivity index (χ2v) is 4.44. The number of ether oxygens (including phenoxy) is 1. The van der Waals surface area contributed by atoms with Crippen LogP contribution in [-0.4, -0.2) is 11.7 Å². The summed E-state index contributed by atoms with van der Waals surface area (Å²) in [4.78, 5) is 0. The lowest BCUT2D eigenvalue weighted by Crippen LogP contribution is -2.19. The van der Waals surface area contributed by atoms with Gasteiger partial charge < -0.3 is 4.74 Å². The van der Waals surface area contributed by atoms with Crippen LogP contribution in [0.2, 0.25) is 0 Å². The maximum absolute atomic E-state index is 12.3. The first-order valence-electron chi connectivity index (χ1n) is 4.96. The molecule has 1 aromatic rings. The number of hydrogen-bond acceptors (Lipinski definition) is 1. The summed E-state index contributed by atoms with van der Waals surface area (Å²) >= 11 is 8.85. The topological polar surface area (TPSA) is 9.23 Å². The van der Waals surface area contributed by atoms with E-state index in [4.69, 9.17) is 11.6 Å². The van der Waals surface area contributed by atoms with Gasteiger partial charge >= 0.3 is 6.36 Å². The van der Waals surface area contributed by atoms with Crippen LogP contribution in [0.5, 0.6) is 5.75 Å². The van der Waals surface area contributed by atoms with E-state index in [2.05, 4.69) is 20.7 Å². The normalized spacial score (nSPS) is 11.6. The van der Waals surface area contributed by atoms with Gasteiger partial charge in [-0.2, -0.15) is 0 Å². The van der Waals surface area contributed by atoms with Crippen molar-refractivity contribution in [3.63, 3.8) is 0 Å². The Morgan fingerprint density at radius 2 is 1.88 bits per heavy atom. The van der Waals surface area contributed by atoms with Crippen LogP contribution in [0.15, 0.2) is 18.2 Å². The third kappa shape index (κ3) is 4.76. The molecule has 0 aromatic heterocycles. The highest BCUT2D eigenvalue weighted by Gasteiger charge is 2.33. The molecule has 0 aliphatic heterocycles. The van der Waals surface area contributed by atoms with Gasteiger partial charge in [0.1, 0.15) is 5.75 Å². The zero-order chi connectivity index (χ0) is 12.9. The fraction of sp³-hybridized carbons (Fsp3) is 0.455. The molecule has 0 unspecified atom stereocenters. The highest BCUT2D eigenvalue weighted by molar-refractivity contribution is 9.09. The molecule has 1 aromatic carbocycles. The van der Waals surface area contributed by atoms with Crippen LogP contribution in [0.1, 0.15) is 17.5 Å². The molecule has 0 amide bonds. The molecule has 1 rings (SSSR count). The molecule has 0 spiro atoms. The minimum Gasteiger partial charge on any atom is -0.405 e. The van der Waals surface area contributed by atoms with Crippen molar-refractivity contribution in [1.82, 2.24) is 0 Å². The van der Waals surface area contributed by atoms with E-state index in [0.717, 1.165) is 11.8 Å². The SMILES string of the molecule is FC(F)(F)Oc1c(CCl)cccc1CCCBr. The zero-order valence-electron chi connectivity index (χ0n) is 8.86. The molecule has 0 N–H and O–H groups in total. The van der Waals surface area contributed by atoms with Gasteiger partial charge in [0.25, 0.3) is 0 Å². The number of alkyl halides is 5. The Hall–Kier alpha value is -0.420. The molecule has 0 saturated carbocycles. The van der Waals surface area contributed by atoms with Crippen molar-refractivity contribution in [3.8, 4) is 5.75 Å². The molecule has 0 aliphatic rings. The summed E-state index contributed by atoms with van der Waals surface area (Å²) in [6, 6.07) is 4.84. The lowest BCUT2D eigenvalue weighted by molar-refractivity contribution is -0.275. The Morgan fingerprint density at radius 3 is 2.41 bits per heavy atom. The fourth-order valence-electron chi connectivity index (χ4n) is 1.44. The lowest BCUT2D eigenvalue weighted by Gasteiger charge is -2.16. The third-order valence-electron chi connectivity index (χ3n) is 2.12. The van der Waals surface area contributed by atoms with Crippen LogP contribution in [0.3, 0.4) is 0 Å². The second kappa shape index (κ2) is 6.50. The summed E-state index contributed by atoms with van der Waals surface area (Å²) in [5.41, 5.74) is 0.885. The van der Waals surface area contributed by atoms with Gasteiger partial charge in [0, 0.05) is 10.9 Å². The summed E-state index contributed by atoms with van der Waals surface area (Å²) in [7, 11) is 0. The number of halogens is 5. The number of para-hydroxylation sites is 1. The van der Waals surface area contributed by atoms with Gasteiger partial charge in [0.15, 0.2) is 0 Å². The maximum atomic E-state index is 12.3. The monoisotopic (exact) mass is 330 g/mol. The average molecular weight is 332 g/mol. The predicted molar refractivity (Wildman–Crippen MR) is 64.8 cm³/mol. The zero-order valence-corrected chi connectivity index (χ0v) is 11.2. The molecule has 17 heavy (non-hydrogen) atoms. The average Bonchev–Trinajstić information content (AvgIpc) is 2.25. The van der Waals surface area contributed by atoms with E-state index in [0.29, 0.717) is 17.5 Å². The van der Waals surface area contributed by atoms with E-state index >= 15 is 0 Å². The fourth-order valence-corrected chi connectivity index (χ4v) is 1.94. The van der Waals surface area contributed by atoms with Gasteiger partial charge in [-0.05, 0) is 18.4 Å². The summed E-state index contributed by atoms with van der Waals surface area (Å²) in [5.74, 6) is -0.163. The summed E-state index contributed by atoms with van der Waals surface area (Å²) < 4.78 is 40.9. The molecule has 96 valence electrons. The van der Waals surface area contributed by atoms with Crippen molar-refractivity contribution < 1.29 is 17.9 Å². The molecule has 0 saturated heterocycles. The smallest absolute Gasteiger partial charge is 0.405 e. The number of benzene rings is 1. The second-order valence-electron chi connectivity index (χ2n) is 3.38. The highest BCUT2D eigenvalue weighted by atomic mass is 79.9. The van der Waals surface area contributed by atoms with Crippen LogP contribution >= 0.6 is 27.5 Å². The highest BCUT2D eigenvalue weighted by Crippen LogP contribution is 2.32. The Bertz CT molecular complexity index is 368. The Labute approximate surface area is 111 Å². The van der Waals surface area contributed by atoms with Gasteiger partial charge in [-0.3, -0.25) is 0 Å². The maximum Gasteiger partial charge on any atom is 0.573 e. The first kappa shape index (κ1) is 14.6. The van der Waals surface area contributed by atoms with E-state index in [1.807, 2.05) is 0 Å². The molecule has 0 heterocycles. The standard InChI is InChI=1S/C11H11BrClF3O/c12-6-2-5-8-3-1-4-9(7-13)10(8)17-11(14,15)16/h1,3-4H,2,5-7H2. The van der Waals surface area contributed by atoms with Gasteiger partial charge in [-0.15, -0.1) is 24.8 Å². The van der Waals surface area contributed by atoms with Crippen LogP contribution in [-0.2, 0) is 12.3 Å². The van der Waals surface area contributed by atoms with Crippen LogP contribution in [0.4, 0.5) is 13.2 Å². The van der Waals surface area contributed by atoms with Crippen molar-refractivity contribution in [3.05, 3.63) is 29.3 Å². The Balaban J connectivity index is 3.02. The van der Waals surface area contributed by atoms with Crippen LogP contribution < -0.4 is 4.74 Å². The van der Waals surface area contributed by atoms with Crippen molar-refractivity contribution in [2.75, 3.05) is 5.33 Å².